The largest absolute Gasteiger partial charge is 0.507 e. The number of esters is 2. The van der Waals surface area contributed by atoms with Gasteiger partial charge in [-0.2, -0.15) is 0 Å². The van der Waals surface area contributed by atoms with Gasteiger partial charge in [-0.1, -0.05) is 0 Å². The molecule has 2 N–H and O–H groups in total. The predicted molar refractivity (Wildman–Crippen MR) is 134 cm³/mol. The fourth-order valence-electron chi connectivity index (χ4n) is 8.08. The molecule has 0 radical (unpaired) electrons. The minimum atomic E-state index is -1.83. The first-order valence-corrected chi connectivity index (χ1v) is 12.6. The number of fused-ring (bicyclic) bond motifs is 4. The average molecular weight is 546 g/mol. The molecule has 11 nitrogen and oxygen atoms in total. The van der Waals surface area contributed by atoms with Crippen molar-refractivity contribution in [2.45, 2.75) is 37.9 Å². The number of cyclic esters (lactones) is 1. The van der Waals surface area contributed by atoms with Gasteiger partial charge in [0, 0.05) is 25.0 Å². The molecule has 2 aromatic carbocycles. The van der Waals surface area contributed by atoms with Crippen molar-refractivity contribution in [2.75, 3.05) is 13.7 Å². The van der Waals surface area contributed by atoms with Crippen molar-refractivity contribution in [2.24, 2.45) is 11.8 Å². The molecule has 2 bridgehead atoms. The van der Waals surface area contributed by atoms with Gasteiger partial charge in [-0.25, -0.2) is 9.59 Å². The van der Waals surface area contributed by atoms with Gasteiger partial charge in [-0.15, -0.1) is 0 Å². The van der Waals surface area contributed by atoms with E-state index in [4.69, 9.17) is 18.6 Å². The third-order valence-corrected chi connectivity index (χ3v) is 9.17. The van der Waals surface area contributed by atoms with Crippen LogP contribution in [0.4, 0.5) is 0 Å². The second-order valence-corrected chi connectivity index (χ2v) is 10.9. The summed E-state index contributed by atoms with van der Waals surface area (Å²) in [5, 5.41) is 21.5. The lowest BCUT2D eigenvalue weighted by molar-refractivity contribution is -0.154. The van der Waals surface area contributed by atoms with Crippen molar-refractivity contribution in [1.29, 1.82) is 0 Å². The number of rotatable bonds is 2. The van der Waals surface area contributed by atoms with Crippen LogP contribution in [0.15, 0.2) is 27.6 Å². The average Bonchev–Trinajstić information content (AvgIpc) is 3.06. The van der Waals surface area contributed by atoms with E-state index in [9.17, 15) is 34.2 Å². The molecular formula is C29H22O11. The highest BCUT2D eigenvalue weighted by molar-refractivity contribution is 6.19. The maximum Gasteiger partial charge on any atom is 0.347 e. The summed E-state index contributed by atoms with van der Waals surface area (Å²) in [5.74, 6) is -6.33. The highest BCUT2D eigenvalue weighted by atomic mass is 16.6. The minimum Gasteiger partial charge on any atom is -0.507 e. The van der Waals surface area contributed by atoms with Crippen molar-refractivity contribution < 1.29 is 48.0 Å². The molecule has 0 saturated heterocycles. The van der Waals surface area contributed by atoms with Crippen LogP contribution in [0.1, 0.15) is 60.3 Å². The summed E-state index contributed by atoms with van der Waals surface area (Å²) in [5.41, 5.74) is -3.47. The number of carbonyl (C=O) groups is 4. The van der Waals surface area contributed by atoms with Crippen LogP contribution in [0.3, 0.4) is 0 Å². The molecule has 5 unspecified atom stereocenters. The molecule has 7 rings (SSSR count). The topological polar surface area (TPSA) is 167 Å². The standard InChI is InChI=1S/C29H22O11/c1-9-5-14(32)18-20-15(9)23(34)21-25(40-11(3)30)28(20,8-39-27(18)36)24-22(33)12-7-38-26(35)17-13(31)6-10(2)19(16(12)17)29(21,24)37-4/h5-7,21,24-25,31-32H,8H2,1-4H3. The fourth-order valence-corrected chi connectivity index (χ4v) is 8.08. The third-order valence-electron chi connectivity index (χ3n) is 9.17. The molecule has 3 aromatic rings. The number of hydrogen-bond acceptors (Lipinski definition) is 11. The Labute approximate surface area is 225 Å². The molecular weight excluding hydrogens is 524 g/mol. The van der Waals surface area contributed by atoms with E-state index in [2.05, 4.69) is 0 Å². The number of aryl methyl sites for hydroxylation is 2. The van der Waals surface area contributed by atoms with Crippen LogP contribution in [0.5, 0.6) is 11.5 Å². The molecule has 204 valence electrons. The maximum absolute atomic E-state index is 14.6. The number of carbonyl (C=O) groups excluding carboxylic acids is 4. The summed E-state index contributed by atoms with van der Waals surface area (Å²) in [7, 11) is 1.31. The normalized spacial score (nSPS) is 29.2. The number of Topliss-reactive ketones (excluding diaryl/α,β-unsaturated/α-hetero) is 2. The zero-order chi connectivity index (χ0) is 28.6. The van der Waals surface area contributed by atoms with Gasteiger partial charge in [0.1, 0.15) is 47.0 Å². The monoisotopic (exact) mass is 546 g/mol. The van der Waals surface area contributed by atoms with E-state index in [1.165, 1.54) is 19.2 Å². The first-order valence-electron chi connectivity index (χ1n) is 12.6. The molecule has 1 saturated carbocycles. The Morgan fingerprint density at radius 1 is 0.975 bits per heavy atom. The van der Waals surface area contributed by atoms with Gasteiger partial charge in [0.25, 0.3) is 0 Å². The predicted octanol–water partition coefficient (Wildman–Crippen LogP) is 2.34. The van der Waals surface area contributed by atoms with Gasteiger partial charge < -0.3 is 28.8 Å². The number of ether oxygens (including phenoxy) is 3. The second kappa shape index (κ2) is 7.36. The Bertz CT molecular complexity index is 1850. The lowest BCUT2D eigenvalue weighted by atomic mass is 9.59. The molecule has 0 amide bonds. The quantitative estimate of drug-likeness (QED) is 0.453. The molecule has 1 spiro atoms. The highest BCUT2D eigenvalue weighted by Crippen LogP contribution is 2.70. The number of phenols is 2. The summed E-state index contributed by atoms with van der Waals surface area (Å²) in [6.07, 6.45) is -0.353. The molecule has 40 heavy (non-hydrogen) atoms. The Kier molecular flexibility index (Phi) is 4.51. The minimum absolute atomic E-state index is 0.0471. The Morgan fingerprint density at radius 2 is 1.68 bits per heavy atom. The summed E-state index contributed by atoms with van der Waals surface area (Å²) in [6.45, 7) is 3.94. The number of hydrogen-bond donors (Lipinski definition) is 2. The van der Waals surface area contributed by atoms with Crippen LogP contribution < -0.4 is 5.63 Å². The van der Waals surface area contributed by atoms with E-state index in [0.717, 1.165) is 13.2 Å². The fraction of sp³-hybridized carbons (Fsp3) is 0.345. The molecule has 1 aliphatic heterocycles. The van der Waals surface area contributed by atoms with E-state index < -0.39 is 76.2 Å². The molecule has 1 fully saturated rings. The van der Waals surface area contributed by atoms with Crippen LogP contribution >= 0.6 is 0 Å². The van der Waals surface area contributed by atoms with Crippen molar-refractivity contribution in [3.8, 4) is 11.5 Å². The zero-order valence-electron chi connectivity index (χ0n) is 21.7. The van der Waals surface area contributed by atoms with Crippen LogP contribution in [0.25, 0.3) is 10.8 Å². The van der Waals surface area contributed by atoms with E-state index in [0.29, 0.717) is 11.1 Å². The van der Waals surface area contributed by atoms with Crippen molar-refractivity contribution in [3.63, 3.8) is 0 Å². The Balaban J connectivity index is 1.73. The van der Waals surface area contributed by atoms with Crippen molar-refractivity contribution in [3.05, 3.63) is 67.8 Å². The van der Waals surface area contributed by atoms with Gasteiger partial charge >= 0.3 is 17.6 Å². The number of ketones is 2. The molecule has 1 aromatic heterocycles. The van der Waals surface area contributed by atoms with Crippen molar-refractivity contribution >= 4 is 34.3 Å². The summed E-state index contributed by atoms with van der Waals surface area (Å²) < 4.78 is 22.8. The van der Waals surface area contributed by atoms with Crippen molar-refractivity contribution in [1.82, 2.24) is 0 Å². The van der Waals surface area contributed by atoms with Crippen LogP contribution in [0, 0.1) is 25.7 Å². The lowest BCUT2D eigenvalue weighted by Crippen LogP contribution is -2.57. The van der Waals surface area contributed by atoms with Crippen LogP contribution in [-0.4, -0.2) is 53.5 Å². The number of aromatic hydroxyl groups is 2. The number of benzene rings is 2. The van der Waals surface area contributed by atoms with Crippen LogP contribution in [0.2, 0.25) is 0 Å². The Morgan fingerprint density at radius 3 is 2.35 bits per heavy atom. The molecule has 3 aliphatic carbocycles. The summed E-state index contributed by atoms with van der Waals surface area (Å²) >= 11 is 0. The van der Waals surface area contributed by atoms with E-state index >= 15 is 0 Å². The van der Waals surface area contributed by atoms with Gasteiger partial charge in [-0.3, -0.25) is 14.4 Å². The SMILES string of the molecule is COC12c3c(C)cc(O)c4c(=O)occ(c34)C(=O)C1C13COC(=O)c4c(O)cc(C)c(c41)C(=O)C2C3OC(C)=O. The number of methoxy groups -OCH3 is 1. The maximum atomic E-state index is 14.6. The van der Waals surface area contributed by atoms with Gasteiger partial charge in [-0.05, 0) is 48.2 Å². The van der Waals surface area contributed by atoms with Gasteiger partial charge in [0.2, 0.25) is 0 Å². The third kappa shape index (κ3) is 2.40. The molecule has 11 heteroatoms. The first kappa shape index (κ1) is 24.5. The summed E-state index contributed by atoms with van der Waals surface area (Å²) in [6, 6.07) is 2.61. The van der Waals surface area contributed by atoms with Gasteiger partial charge in [0.15, 0.2) is 11.6 Å². The highest BCUT2D eigenvalue weighted by Gasteiger charge is 2.80. The smallest absolute Gasteiger partial charge is 0.347 e. The van der Waals surface area contributed by atoms with E-state index in [1.807, 2.05) is 0 Å². The summed E-state index contributed by atoms with van der Waals surface area (Å²) in [4.78, 5) is 67.6. The molecule has 5 atom stereocenters. The first-order chi connectivity index (χ1) is 18.9. The second-order valence-electron chi connectivity index (χ2n) is 10.9. The zero-order valence-corrected chi connectivity index (χ0v) is 21.7. The Hall–Kier alpha value is -4.51. The lowest BCUT2D eigenvalue weighted by Gasteiger charge is -2.47. The molecule has 2 heterocycles. The van der Waals surface area contributed by atoms with E-state index in [1.54, 1.807) is 13.8 Å². The van der Waals surface area contributed by atoms with Gasteiger partial charge in [0.05, 0.1) is 22.8 Å². The molecule has 4 aliphatic rings. The number of phenolic OH excluding ortho intramolecular Hbond substituents is 2. The van der Waals surface area contributed by atoms with Crippen LogP contribution in [-0.2, 0) is 30.0 Å². The van der Waals surface area contributed by atoms with E-state index in [-0.39, 0.29) is 38.6 Å².